The molecule has 194 valence electrons. The summed E-state index contributed by atoms with van der Waals surface area (Å²) in [6.07, 6.45) is 1.61. The second-order valence-electron chi connectivity index (χ2n) is 8.42. The van der Waals surface area contributed by atoms with Crippen LogP contribution in [0, 0.1) is 0 Å². The van der Waals surface area contributed by atoms with Crippen LogP contribution in [-0.2, 0) is 0 Å². The van der Waals surface area contributed by atoms with E-state index in [-0.39, 0.29) is 19.0 Å². The highest BCUT2D eigenvalue weighted by Crippen LogP contribution is 2.33. The number of benzene rings is 1. The summed E-state index contributed by atoms with van der Waals surface area (Å²) in [5.41, 5.74) is 2.01. The lowest BCUT2D eigenvalue weighted by Crippen LogP contribution is -2.57. The molecule has 1 unspecified atom stereocenters. The largest absolute Gasteiger partial charge is 0.456 e. The third-order valence-electron chi connectivity index (χ3n) is 5.89. The summed E-state index contributed by atoms with van der Waals surface area (Å²) < 4.78 is 47.2. The van der Waals surface area contributed by atoms with Gasteiger partial charge in [-0.25, -0.2) is 29.4 Å². The normalized spacial score (nSPS) is 16.2. The number of piperazine rings is 1. The lowest BCUT2D eigenvalue weighted by atomic mass is 10.2. The highest BCUT2D eigenvalue weighted by Gasteiger charge is 2.42. The number of nitrogens with zero attached hydrogens (tertiary/aromatic N) is 8. The Bertz CT molecular complexity index is 1630. The lowest BCUT2D eigenvalue weighted by Gasteiger charge is -2.34. The molecular formula is C23H18ClF3N10O. The van der Waals surface area contributed by atoms with Crippen molar-refractivity contribution < 1.29 is 17.9 Å². The van der Waals surface area contributed by atoms with E-state index in [1.54, 1.807) is 41.0 Å². The SMILES string of the molecule is FC(F)(F)C1CN(c2ncc3ncnc(Nc4ccc(Oc5ccn6ncnc6c5)c(Cl)c4)c3n2)CCN1. The Morgan fingerprint density at radius 3 is 2.82 bits per heavy atom. The molecule has 11 nitrogen and oxygen atoms in total. The Morgan fingerprint density at radius 1 is 1.08 bits per heavy atom. The molecule has 4 aromatic heterocycles. The smallest absolute Gasteiger partial charge is 0.405 e. The molecule has 1 atom stereocenters. The molecule has 15 heteroatoms. The van der Waals surface area contributed by atoms with Crippen LogP contribution in [0.4, 0.5) is 30.6 Å². The van der Waals surface area contributed by atoms with Gasteiger partial charge in [-0.2, -0.15) is 18.3 Å². The molecule has 1 aliphatic rings. The van der Waals surface area contributed by atoms with E-state index in [0.717, 1.165) is 0 Å². The van der Waals surface area contributed by atoms with Gasteiger partial charge in [-0.05, 0) is 24.3 Å². The fourth-order valence-electron chi connectivity index (χ4n) is 4.02. The van der Waals surface area contributed by atoms with Crippen LogP contribution >= 0.6 is 11.6 Å². The number of ether oxygens (including phenoxy) is 1. The standard InChI is InChI=1S/C23H18ClF3N10O/c24-15-7-13(1-2-17(15)38-14-3-5-37-19(8-14)31-12-33-37)34-21-20-16(30-11-32-21)9-29-22(35-20)36-6-4-28-18(10-36)23(25,26)27/h1-3,5,7-9,11-12,18,28H,4,6,10H2,(H,30,32,34). The molecule has 2 N–H and O–H groups in total. The lowest BCUT2D eigenvalue weighted by molar-refractivity contribution is -0.155. The molecule has 5 heterocycles. The minimum Gasteiger partial charge on any atom is -0.456 e. The topological polar surface area (TPSA) is 118 Å². The second-order valence-corrected chi connectivity index (χ2v) is 8.83. The van der Waals surface area contributed by atoms with Crippen molar-refractivity contribution >= 4 is 45.7 Å². The number of halogens is 4. The van der Waals surface area contributed by atoms with Crippen molar-refractivity contribution in [2.24, 2.45) is 0 Å². The first kappa shape index (κ1) is 24.1. The maximum absolute atomic E-state index is 13.2. The average Bonchev–Trinajstić information content (AvgIpc) is 3.38. The van der Waals surface area contributed by atoms with Gasteiger partial charge in [-0.1, -0.05) is 11.6 Å². The zero-order chi connectivity index (χ0) is 26.3. The van der Waals surface area contributed by atoms with Gasteiger partial charge >= 0.3 is 6.18 Å². The van der Waals surface area contributed by atoms with Crippen molar-refractivity contribution in [2.45, 2.75) is 12.2 Å². The number of anilines is 3. The summed E-state index contributed by atoms with van der Waals surface area (Å²) in [6.45, 7) is 0.184. The van der Waals surface area contributed by atoms with Crippen molar-refractivity contribution in [2.75, 3.05) is 29.9 Å². The number of hydrogen-bond acceptors (Lipinski definition) is 10. The Balaban J connectivity index is 1.24. The van der Waals surface area contributed by atoms with Crippen molar-refractivity contribution in [3.63, 3.8) is 0 Å². The maximum Gasteiger partial charge on any atom is 0.405 e. The molecule has 0 spiro atoms. The van der Waals surface area contributed by atoms with Gasteiger partial charge in [0.25, 0.3) is 0 Å². The molecule has 5 aromatic rings. The predicted molar refractivity (Wildman–Crippen MR) is 133 cm³/mol. The van der Waals surface area contributed by atoms with Crippen molar-refractivity contribution in [3.05, 3.63) is 60.4 Å². The van der Waals surface area contributed by atoms with E-state index in [1.165, 1.54) is 23.8 Å². The summed E-state index contributed by atoms with van der Waals surface area (Å²) in [5, 5.41) is 10.0. The van der Waals surface area contributed by atoms with Crippen LogP contribution in [0.2, 0.25) is 5.02 Å². The Morgan fingerprint density at radius 2 is 1.97 bits per heavy atom. The van der Waals surface area contributed by atoms with Gasteiger partial charge in [0.2, 0.25) is 5.95 Å². The minimum absolute atomic E-state index is 0.154. The maximum atomic E-state index is 13.2. The average molecular weight is 543 g/mol. The number of hydrogen-bond donors (Lipinski definition) is 2. The third-order valence-corrected chi connectivity index (χ3v) is 6.19. The van der Waals surface area contributed by atoms with E-state index < -0.39 is 12.2 Å². The number of aromatic nitrogens is 7. The van der Waals surface area contributed by atoms with E-state index in [4.69, 9.17) is 16.3 Å². The van der Waals surface area contributed by atoms with Crippen LogP contribution in [0.25, 0.3) is 16.7 Å². The third kappa shape index (κ3) is 4.82. The van der Waals surface area contributed by atoms with E-state index in [9.17, 15) is 13.2 Å². The molecule has 1 saturated heterocycles. The first-order valence-corrected chi connectivity index (χ1v) is 11.8. The first-order valence-electron chi connectivity index (χ1n) is 11.4. The van der Waals surface area contributed by atoms with Gasteiger partial charge in [-0.3, -0.25) is 0 Å². The fraction of sp³-hybridized carbons (Fsp3) is 0.217. The molecule has 1 aromatic carbocycles. The van der Waals surface area contributed by atoms with Crippen LogP contribution in [0.1, 0.15) is 0 Å². The van der Waals surface area contributed by atoms with Crippen molar-refractivity contribution in [1.29, 1.82) is 0 Å². The van der Waals surface area contributed by atoms with E-state index in [0.29, 0.717) is 51.3 Å². The number of nitrogens with one attached hydrogen (secondary N) is 2. The monoisotopic (exact) mass is 542 g/mol. The van der Waals surface area contributed by atoms with E-state index in [1.807, 2.05) is 0 Å². The van der Waals surface area contributed by atoms with Gasteiger partial charge in [0.15, 0.2) is 11.5 Å². The molecule has 38 heavy (non-hydrogen) atoms. The summed E-state index contributed by atoms with van der Waals surface area (Å²) >= 11 is 6.48. The van der Waals surface area contributed by atoms with Crippen LogP contribution in [-0.4, -0.2) is 66.4 Å². The van der Waals surface area contributed by atoms with Crippen molar-refractivity contribution in [1.82, 2.24) is 39.9 Å². The number of rotatable bonds is 5. The van der Waals surface area contributed by atoms with Gasteiger partial charge < -0.3 is 20.3 Å². The Kier molecular flexibility index (Phi) is 6.04. The molecule has 1 aliphatic heterocycles. The van der Waals surface area contributed by atoms with E-state index >= 15 is 0 Å². The zero-order valence-corrected chi connectivity index (χ0v) is 20.1. The first-order chi connectivity index (χ1) is 18.3. The Labute approximate surface area is 217 Å². The Hall–Kier alpha value is -4.30. The molecule has 0 amide bonds. The van der Waals surface area contributed by atoms with Gasteiger partial charge in [0.05, 0.1) is 11.2 Å². The van der Waals surface area contributed by atoms with Crippen LogP contribution in [0.3, 0.4) is 0 Å². The number of pyridine rings is 1. The van der Waals surface area contributed by atoms with Gasteiger partial charge in [0, 0.05) is 37.6 Å². The molecule has 6 rings (SSSR count). The second kappa shape index (κ2) is 9.54. The van der Waals surface area contributed by atoms with Crippen LogP contribution in [0.15, 0.2) is 55.4 Å². The summed E-state index contributed by atoms with van der Waals surface area (Å²) in [6, 6.07) is 6.91. The molecule has 0 bridgehead atoms. The summed E-state index contributed by atoms with van der Waals surface area (Å²) in [7, 11) is 0. The predicted octanol–water partition coefficient (Wildman–Crippen LogP) is 3.99. The summed E-state index contributed by atoms with van der Waals surface area (Å²) in [4.78, 5) is 22.8. The highest BCUT2D eigenvalue weighted by atomic mass is 35.5. The molecular weight excluding hydrogens is 525 g/mol. The molecule has 0 saturated carbocycles. The number of alkyl halides is 3. The van der Waals surface area contributed by atoms with Gasteiger partial charge in [0.1, 0.15) is 41.2 Å². The summed E-state index contributed by atoms with van der Waals surface area (Å²) in [5.74, 6) is 1.48. The van der Waals surface area contributed by atoms with Crippen molar-refractivity contribution in [3.8, 4) is 11.5 Å². The quantitative estimate of drug-likeness (QED) is 0.337. The van der Waals surface area contributed by atoms with Crippen LogP contribution in [0.5, 0.6) is 11.5 Å². The van der Waals surface area contributed by atoms with Gasteiger partial charge in [-0.15, -0.1) is 0 Å². The number of fused-ring (bicyclic) bond motifs is 2. The molecule has 0 radical (unpaired) electrons. The van der Waals surface area contributed by atoms with E-state index in [2.05, 4.69) is 40.7 Å². The molecule has 0 aliphatic carbocycles. The van der Waals surface area contributed by atoms with Crippen LogP contribution < -0.4 is 20.3 Å². The molecule has 1 fully saturated rings. The highest BCUT2D eigenvalue weighted by molar-refractivity contribution is 6.32. The zero-order valence-electron chi connectivity index (χ0n) is 19.4. The fourth-order valence-corrected chi connectivity index (χ4v) is 4.24. The minimum atomic E-state index is -4.37.